The topological polar surface area (TPSA) is 133 Å². The van der Waals surface area contributed by atoms with E-state index in [4.69, 9.17) is 0 Å². The number of nitrogens with one attached hydrogen (secondary N) is 2. The van der Waals surface area contributed by atoms with Crippen molar-refractivity contribution in [1.82, 2.24) is 9.29 Å². The van der Waals surface area contributed by atoms with Gasteiger partial charge in [-0.3, -0.25) is 9.59 Å². The van der Waals surface area contributed by atoms with E-state index < -0.39 is 31.3 Å². The molecule has 1 aromatic heterocycles. The largest absolute Gasteiger partial charge is 0.322 e. The number of hydrogen-bond acceptors (Lipinski definition) is 6. The summed E-state index contributed by atoms with van der Waals surface area (Å²) in [5.41, 5.74) is 0.123. The summed E-state index contributed by atoms with van der Waals surface area (Å²) in [6, 6.07) is 11.0. The summed E-state index contributed by atoms with van der Waals surface area (Å²) in [4.78, 5) is 27.8. The Bertz CT molecular complexity index is 1460. The summed E-state index contributed by atoms with van der Waals surface area (Å²) in [5.74, 6) is -0.675. The molecule has 2 N–H and O–H groups in total. The zero-order valence-corrected chi connectivity index (χ0v) is 20.1. The molecule has 11 heteroatoms. The fourth-order valence-corrected chi connectivity index (χ4v) is 5.77. The van der Waals surface area contributed by atoms with E-state index in [9.17, 15) is 26.4 Å². The Hall–Kier alpha value is -3.02. The molecule has 3 aromatic rings. The Kier molecular flexibility index (Phi) is 7.06. The third kappa shape index (κ3) is 5.00. The number of anilines is 1. The Morgan fingerprint density at radius 1 is 0.909 bits per heavy atom. The summed E-state index contributed by atoms with van der Waals surface area (Å²) in [6.45, 7) is 5.59. The molecule has 0 aliphatic rings. The van der Waals surface area contributed by atoms with Gasteiger partial charge in [0.25, 0.3) is 5.91 Å². The van der Waals surface area contributed by atoms with Crippen molar-refractivity contribution in [2.24, 2.45) is 0 Å². The number of H-pyrrole nitrogens is 1. The molecular formula is C22H25N3O6S2. The first-order chi connectivity index (χ1) is 15.5. The molecule has 0 radical (unpaired) electrons. The fourth-order valence-electron chi connectivity index (χ4n) is 3.40. The van der Waals surface area contributed by atoms with E-state index in [1.807, 2.05) is 0 Å². The monoisotopic (exact) mass is 491 g/mol. The lowest BCUT2D eigenvalue weighted by Gasteiger charge is -2.19. The quantitative estimate of drug-likeness (QED) is 0.498. The molecule has 3 rings (SSSR count). The number of nitrogens with zero attached hydrogens (tertiary/aromatic N) is 1. The minimum Gasteiger partial charge on any atom is -0.322 e. The zero-order chi connectivity index (χ0) is 24.4. The Balaban J connectivity index is 2.03. The smallest absolute Gasteiger partial charge is 0.256 e. The summed E-state index contributed by atoms with van der Waals surface area (Å²) >= 11 is 0. The van der Waals surface area contributed by atoms with Crippen molar-refractivity contribution in [1.29, 1.82) is 0 Å². The van der Waals surface area contributed by atoms with Gasteiger partial charge in [-0.2, -0.15) is 4.31 Å². The van der Waals surface area contributed by atoms with Gasteiger partial charge in [0.05, 0.1) is 21.1 Å². The molecule has 2 aromatic carbocycles. The molecule has 0 saturated heterocycles. The number of rotatable bonds is 8. The number of benzene rings is 2. The molecule has 0 saturated carbocycles. The first-order valence-electron chi connectivity index (χ1n) is 10.3. The van der Waals surface area contributed by atoms with Gasteiger partial charge < -0.3 is 10.3 Å². The van der Waals surface area contributed by atoms with E-state index in [1.54, 1.807) is 13.8 Å². The van der Waals surface area contributed by atoms with Crippen LogP contribution in [0.2, 0.25) is 0 Å². The lowest BCUT2D eigenvalue weighted by molar-refractivity contribution is 0.102. The van der Waals surface area contributed by atoms with Crippen molar-refractivity contribution in [3.63, 3.8) is 0 Å². The van der Waals surface area contributed by atoms with E-state index in [1.165, 1.54) is 53.7 Å². The summed E-state index contributed by atoms with van der Waals surface area (Å²) in [7, 11) is -7.15. The van der Waals surface area contributed by atoms with Gasteiger partial charge >= 0.3 is 0 Å². The molecule has 1 amide bonds. The Morgan fingerprint density at radius 2 is 1.52 bits per heavy atom. The standard InChI is InChI=1S/C22H25N3O6S2/c1-4-25(5-2)33(30,31)17-11-12-20-18(13-17)19(14-21(26)24-20)22(27)23-15-7-9-16(10-8-15)32(28,29)6-3/h7-14H,4-6H2,1-3H3,(H,23,27)(H,24,26). The van der Waals surface area contributed by atoms with Crippen LogP contribution in [0.5, 0.6) is 0 Å². The van der Waals surface area contributed by atoms with Crippen LogP contribution in [0.4, 0.5) is 5.69 Å². The van der Waals surface area contributed by atoms with Crippen molar-refractivity contribution < 1.29 is 21.6 Å². The highest BCUT2D eigenvalue weighted by Gasteiger charge is 2.23. The van der Waals surface area contributed by atoms with Crippen molar-refractivity contribution in [2.45, 2.75) is 30.6 Å². The molecule has 9 nitrogen and oxygen atoms in total. The number of aromatic nitrogens is 1. The van der Waals surface area contributed by atoms with Crippen LogP contribution in [0.1, 0.15) is 31.1 Å². The maximum atomic E-state index is 13.0. The minimum atomic E-state index is -3.77. The first kappa shape index (κ1) is 24.6. The SMILES string of the molecule is CCN(CC)S(=O)(=O)c1ccc2[nH]c(=O)cc(C(=O)Nc3ccc(S(=O)(=O)CC)cc3)c2c1. The van der Waals surface area contributed by atoms with Gasteiger partial charge in [-0.15, -0.1) is 0 Å². The van der Waals surface area contributed by atoms with Gasteiger partial charge in [-0.1, -0.05) is 20.8 Å². The average Bonchev–Trinajstić information content (AvgIpc) is 2.79. The minimum absolute atomic E-state index is 0.00407. The summed E-state index contributed by atoms with van der Waals surface area (Å²) in [5, 5.41) is 2.90. The van der Waals surface area contributed by atoms with E-state index >= 15 is 0 Å². The van der Waals surface area contributed by atoms with E-state index in [-0.39, 0.29) is 26.5 Å². The molecule has 0 aliphatic carbocycles. The predicted octanol–water partition coefficient (Wildman–Crippen LogP) is 2.60. The normalized spacial score (nSPS) is 12.2. The molecule has 0 fully saturated rings. The van der Waals surface area contributed by atoms with E-state index in [0.29, 0.717) is 24.3 Å². The lowest BCUT2D eigenvalue weighted by atomic mass is 10.1. The van der Waals surface area contributed by atoms with Crippen LogP contribution in [0.3, 0.4) is 0 Å². The van der Waals surface area contributed by atoms with Crippen LogP contribution in [-0.2, 0) is 19.9 Å². The van der Waals surface area contributed by atoms with Gasteiger partial charge in [0.2, 0.25) is 15.6 Å². The molecule has 1 heterocycles. The molecule has 0 bridgehead atoms. The highest BCUT2D eigenvalue weighted by molar-refractivity contribution is 7.91. The third-order valence-corrected chi connectivity index (χ3v) is 9.05. The van der Waals surface area contributed by atoms with Crippen LogP contribution >= 0.6 is 0 Å². The number of carbonyl (C=O) groups is 1. The van der Waals surface area contributed by atoms with Crippen molar-refractivity contribution >= 4 is 42.4 Å². The molecule has 176 valence electrons. The predicted molar refractivity (Wildman–Crippen MR) is 127 cm³/mol. The molecule has 33 heavy (non-hydrogen) atoms. The zero-order valence-electron chi connectivity index (χ0n) is 18.5. The van der Waals surface area contributed by atoms with Crippen molar-refractivity contribution in [3.8, 4) is 0 Å². The first-order valence-corrected chi connectivity index (χ1v) is 13.4. The number of sulfonamides is 1. The second kappa shape index (κ2) is 9.46. The van der Waals surface area contributed by atoms with Crippen LogP contribution in [0.25, 0.3) is 10.9 Å². The lowest BCUT2D eigenvalue weighted by Crippen LogP contribution is -2.30. The number of fused-ring (bicyclic) bond motifs is 1. The van der Waals surface area contributed by atoms with Gasteiger partial charge in [-0.25, -0.2) is 16.8 Å². The second-order valence-electron chi connectivity index (χ2n) is 7.23. The maximum Gasteiger partial charge on any atom is 0.256 e. The highest BCUT2D eigenvalue weighted by atomic mass is 32.2. The molecule has 0 unspecified atom stereocenters. The highest BCUT2D eigenvalue weighted by Crippen LogP contribution is 2.24. The number of carbonyl (C=O) groups excluding carboxylic acids is 1. The number of aromatic amines is 1. The van der Waals surface area contributed by atoms with Gasteiger partial charge in [0.1, 0.15) is 0 Å². The van der Waals surface area contributed by atoms with E-state index in [0.717, 1.165) is 6.07 Å². The van der Waals surface area contributed by atoms with Crippen molar-refractivity contribution in [2.75, 3.05) is 24.2 Å². The number of amides is 1. The van der Waals surface area contributed by atoms with Crippen LogP contribution in [0, 0.1) is 0 Å². The molecular weight excluding hydrogens is 466 g/mol. The number of pyridine rings is 1. The Labute approximate surface area is 192 Å². The van der Waals surface area contributed by atoms with Gasteiger partial charge in [-0.05, 0) is 42.5 Å². The van der Waals surface area contributed by atoms with Crippen molar-refractivity contribution in [3.05, 3.63) is 64.4 Å². The second-order valence-corrected chi connectivity index (χ2v) is 11.4. The van der Waals surface area contributed by atoms with E-state index in [2.05, 4.69) is 10.3 Å². The Morgan fingerprint density at radius 3 is 2.09 bits per heavy atom. The molecule has 0 atom stereocenters. The van der Waals surface area contributed by atoms with Crippen LogP contribution < -0.4 is 10.9 Å². The van der Waals surface area contributed by atoms with Gasteiger partial charge in [0.15, 0.2) is 9.84 Å². The summed E-state index contributed by atoms with van der Waals surface area (Å²) in [6.07, 6.45) is 0. The molecule has 0 spiro atoms. The van der Waals surface area contributed by atoms with Crippen LogP contribution in [0.15, 0.2) is 63.1 Å². The van der Waals surface area contributed by atoms with Gasteiger partial charge in [0, 0.05) is 35.7 Å². The number of hydrogen-bond donors (Lipinski definition) is 2. The fraction of sp³-hybridized carbons (Fsp3) is 0.273. The summed E-state index contributed by atoms with van der Waals surface area (Å²) < 4.78 is 51.1. The molecule has 0 aliphatic heterocycles. The van der Waals surface area contributed by atoms with Crippen LogP contribution in [-0.4, -0.2) is 50.9 Å². The average molecular weight is 492 g/mol. The number of sulfone groups is 1. The third-order valence-electron chi connectivity index (χ3n) is 5.25. The maximum absolute atomic E-state index is 13.0.